The Bertz CT molecular complexity index is 458. The summed E-state index contributed by atoms with van der Waals surface area (Å²) in [6, 6.07) is 4.98. The summed E-state index contributed by atoms with van der Waals surface area (Å²) >= 11 is 0. The van der Waals surface area contributed by atoms with E-state index in [9.17, 15) is 9.18 Å². The molecule has 0 saturated carbocycles. The standard InChI is InChI=1S/C14H18FNO3/c1-16(11-5-6-19-9-11)8-10-3-4-12(13(15)7-10)14(17)18-2/h3-4,7,11H,5-6,8-9H2,1-2H3. The molecule has 0 spiro atoms. The first-order chi connectivity index (χ1) is 9.11. The van der Waals surface area contributed by atoms with Gasteiger partial charge < -0.3 is 9.47 Å². The zero-order chi connectivity index (χ0) is 13.8. The number of nitrogens with zero attached hydrogens (tertiary/aromatic N) is 1. The number of ether oxygens (including phenoxy) is 2. The van der Waals surface area contributed by atoms with Crippen LogP contribution in [0.3, 0.4) is 0 Å². The number of hydrogen-bond donors (Lipinski definition) is 0. The summed E-state index contributed by atoms with van der Waals surface area (Å²) in [5.74, 6) is -1.19. The number of halogens is 1. The van der Waals surface area contributed by atoms with E-state index in [1.165, 1.54) is 19.2 Å². The monoisotopic (exact) mass is 267 g/mol. The van der Waals surface area contributed by atoms with E-state index in [4.69, 9.17) is 4.74 Å². The largest absolute Gasteiger partial charge is 0.465 e. The van der Waals surface area contributed by atoms with Gasteiger partial charge in [0.05, 0.1) is 19.3 Å². The molecular weight excluding hydrogens is 249 g/mol. The first kappa shape index (κ1) is 14.0. The van der Waals surface area contributed by atoms with Crippen LogP contribution in [-0.4, -0.2) is 44.3 Å². The van der Waals surface area contributed by atoms with Crippen molar-refractivity contribution in [3.63, 3.8) is 0 Å². The van der Waals surface area contributed by atoms with Gasteiger partial charge in [0, 0.05) is 19.2 Å². The lowest BCUT2D eigenvalue weighted by Crippen LogP contribution is -2.31. The van der Waals surface area contributed by atoms with Crippen molar-refractivity contribution in [1.82, 2.24) is 4.90 Å². The van der Waals surface area contributed by atoms with Crippen LogP contribution < -0.4 is 0 Å². The van der Waals surface area contributed by atoms with Gasteiger partial charge in [-0.3, -0.25) is 4.90 Å². The predicted molar refractivity (Wildman–Crippen MR) is 68.4 cm³/mol. The van der Waals surface area contributed by atoms with Crippen molar-refractivity contribution >= 4 is 5.97 Å². The van der Waals surface area contributed by atoms with Gasteiger partial charge in [0.1, 0.15) is 5.82 Å². The molecule has 2 rings (SSSR count). The fraction of sp³-hybridized carbons (Fsp3) is 0.500. The molecule has 4 nitrogen and oxygen atoms in total. The van der Waals surface area contributed by atoms with Crippen molar-refractivity contribution in [2.45, 2.75) is 19.0 Å². The van der Waals surface area contributed by atoms with Crippen molar-refractivity contribution in [1.29, 1.82) is 0 Å². The molecule has 1 fully saturated rings. The lowest BCUT2D eigenvalue weighted by atomic mass is 10.1. The molecule has 1 aromatic carbocycles. The summed E-state index contributed by atoms with van der Waals surface area (Å²) < 4.78 is 23.6. The molecule has 0 N–H and O–H groups in total. The molecule has 5 heteroatoms. The number of carbonyl (C=O) groups is 1. The molecule has 0 bridgehead atoms. The predicted octanol–water partition coefficient (Wildman–Crippen LogP) is 1.83. The van der Waals surface area contributed by atoms with Crippen LogP contribution in [0.5, 0.6) is 0 Å². The number of hydrogen-bond acceptors (Lipinski definition) is 4. The molecule has 0 radical (unpaired) electrons. The third-order valence-electron chi connectivity index (χ3n) is 3.40. The Morgan fingerprint density at radius 2 is 2.37 bits per heavy atom. The molecule has 1 aliphatic heterocycles. The molecule has 104 valence electrons. The maximum atomic E-state index is 13.8. The average Bonchev–Trinajstić information content (AvgIpc) is 2.92. The van der Waals surface area contributed by atoms with Gasteiger partial charge in [0.15, 0.2) is 0 Å². The molecule has 0 amide bonds. The Hall–Kier alpha value is -1.46. The number of likely N-dealkylation sites (N-methyl/N-ethyl adjacent to an activating group) is 1. The number of rotatable bonds is 4. The second-order valence-electron chi connectivity index (χ2n) is 4.74. The van der Waals surface area contributed by atoms with Gasteiger partial charge in [-0.1, -0.05) is 6.07 Å². The Morgan fingerprint density at radius 3 is 2.95 bits per heavy atom. The number of benzene rings is 1. The highest BCUT2D eigenvalue weighted by Gasteiger charge is 2.20. The minimum Gasteiger partial charge on any atom is -0.465 e. The summed E-state index contributed by atoms with van der Waals surface area (Å²) in [5.41, 5.74) is 0.803. The van der Waals surface area contributed by atoms with Crippen LogP contribution >= 0.6 is 0 Å². The quantitative estimate of drug-likeness (QED) is 0.780. The Morgan fingerprint density at radius 1 is 1.58 bits per heavy atom. The Labute approximate surface area is 112 Å². The van der Waals surface area contributed by atoms with Crippen LogP contribution in [0.15, 0.2) is 18.2 Å². The molecule has 1 aliphatic rings. The fourth-order valence-electron chi connectivity index (χ4n) is 2.22. The molecule has 19 heavy (non-hydrogen) atoms. The fourth-order valence-corrected chi connectivity index (χ4v) is 2.22. The number of methoxy groups -OCH3 is 1. The van der Waals surface area contributed by atoms with Gasteiger partial charge in [-0.25, -0.2) is 9.18 Å². The molecule has 1 aromatic rings. The van der Waals surface area contributed by atoms with Gasteiger partial charge in [-0.15, -0.1) is 0 Å². The van der Waals surface area contributed by atoms with Gasteiger partial charge in [-0.05, 0) is 31.2 Å². The summed E-state index contributed by atoms with van der Waals surface area (Å²) in [4.78, 5) is 13.4. The molecule has 1 unspecified atom stereocenters. The van der Waals surface area contributed by atoms with Crippen molar-refractivity contribution in [3.8, 4) is 0 Å². The van der Waals surface area contributed by atoms with Crippen LogP contribution in [0, 0.1) is 5.82 Å². The van der Waals surface area contributed by atoms with E-state index < -0.39 is 11.8 Å². The van der Waals surface area contributed by atoms with Gasteiger partial charge >= 0.3 is 5.97 Å². The molecule has 1 heterocycles. The van der Waals surface area contributed by atoms with Crippen molar-refractivity contribution in [2.75, 3.05) is 27.4 Å². The zero-order valence-corrected chi connectivity index (χ0v) is 11.2. The molecular formula is C14H18FNO3. The summed E-state index contributed by atoms with van der Waals surface area (Å²) in [7, 11) is 3.23. The third-order valence-corrected chi connectivity index (χ3v) is 3.40. The first-order valence-corrected chi connectivity index (χ1v) is 6.26. The van der Waals surface area contributed by atoms with E-state index >= 15 is 0 Å². The lowest BCUT2D eigenvalue weighted by Gasteiger charge is -2.22. The van der Waals surface area contributed by atoms with Gasteiger partial charge in [0.25, 0.3) is 0 Å². The minimum absolute atomic E-state index is 0.0295. The van der Waals surface area contributed by atoms with Crippen molar-refractivity contribution in [3.05, 3.63) is 35.1 Å². The highest BCUT2D eigenvalue weighted by molar-refractivity contribution is 5.89. The van der Waals surface area contributed by atoms with Crippen LogP contribution in [0.2, 0.25) is 0 Å². The Kier molecular flexibility index (Phi) is 4.50. The van der Waals surface area contributed by atoms with Gasteiger partial charge in [0.2, 0.25) is 0 Å². The van der Waals surface area contributed by atoms with E-state index in [1.54, 1.807) is 6.07 Å². The summed E-state index contributed by atoms with van der Waals surface area (Å²) in [6.07, 6.45) is 0.999. The summed E-state index contributed by atoms with van der Waals surface area (Å²) in [5, 5.41) is 0. The molecule has 1 saturated heterocycles. The highest BCUT2D eigenvalue weighted by Crippen LogP contribution is 2.16. The third kappa shape index (κ3) is 3.30. The van der Waals surface area contributed by atoms with Crippen molar-refractivity contribution < 1.29 is 18.7 Å². The van der Waals surface area contributed by atoms with E-state index in [1.807, 2.05) is 7.05 Å². The van der Waals surface area contributed by atoms with Crippen LogP contribution in [-0.2, 0) is 16.0 Å². The van der Waals surface area contributed by atoms with Crippen LogP contribution in [0.25, 0.3) is 0 Å². The molecule has 1 atom stereocenters. The normalized spacial score (nSPS) is 18.8. The maximum absolute atomic E-state index is 13.8. The van der Waals surface area contributed by atoms with E-state index in [0.717, 1.165) is 25.2 Å². The summed E-state index contributed by atoms with van der Waals surface area (Å²) in [6.45, 7) is 2.14. The topological polar surface area (TPSA) is 38.8 Å². The second-order valence-corrected chi connectivity index (χ2v) is 4.74. The smallest absolute Gasteiger partial charge is 0.340 e. The van der Waals surface area contributed by atoms with E-state index in [-0.39, 0.29) is 5.56 Å². The average molecular weight is 267 g/mol. The highest BCUT2D eigenvalue weighted by atomic mass is 19.1. The molecule has 0 aliphatic carbocycles. The van der Waals surface area contributed by atoms with Gasteiger partial charge in [-0.2, -0.15) is 0 Å². The van der Waals surface area contributed by atoms with Crippen molar-refractivity contribution in [2.24, 2.45) is 0 Å². The first-order valence-electron chi connectivity index (χ1n) is 6.26. The number of carbonyl (C=O) groups excluding carboxylic acids is 1. The molecule has 0 aromatic heterocycles. The maximum Gasteiger partial charge on any atom is 0.340 e. The lowest BCUT2D eigenvalue weighted by molar-refractivity contribution is 0.0595. The van der Waals surface area contributed by atoms with E-state index in [0.29, 0.717) is 12.6 Å². The number of esters is 1. The zero-order valence-electron chi connectivity index (χ0n) is 11.2. The minimum atomic E-state index is -0.651. The second kappa shape index (κ2) is 6.12. The van der Waals surface area contributed by atoms with Crippen LogP contribution in [0.1, 0.15) is 22.3 Å². The SMILES string of the molecule is COC(=O)c1ccc(CN(C)C2CCOC2)cc1F. The van der Waals surface area contributed by atoms with E-state index in [2.05, 4.69) is 9.64 Å². The van der Waals surface area contributed by atoms with Crippen LogP contribution in [0.4, 0.5) is 4.39 Å². The Balaban J connectivity index is 2.05.